The van der Waals surface area contributed by atoms with Crippen LogP contribution >= 0.6 is 7.82 Å². The van der Waals surface area contributed by atoms with Gasteiger partial charge in [-0.3, -0.25) is 14.2 Å². The molecule has 0 rings (SSSR count). The van der Waals surface area contributed by atoms with Gasteiger partial charge in [-0.25, -0.2) is 0 Å². The maximum absolute atomic E-state index is 12.6. The highest BCUT2D eigenvalue weighted by Gasteiger charge is 2.21. The van der Waals surface area contributed by atoms with Crippen molar-refractivity contribution < 1.29 is 42.1 Å². The highest BCUT2D eigenvalue weighted by Crippen LogP contribution is 2.38. The van der Waals surface area contributed by atoms with E-state index in [4.69, 9.17) is 18.5 Å². The Morgan fingerprint density at radius 2 is 1.12 bits per heavy atom. The van der Waals surface area contributed by atoms with E-state index in [0.29, 0.717) is 23.9 Å². The lowest BCUT2D eigenvalue weighted by Gasteiger charge is -2.28. The summed E-state index contributed by atoms with van der Waals surface area (Å²) >= 11 is 0. The number of hydrogen-bond acceptors (Lipinski definition) is 8. The van der Waals surface area contributed by atoms with Crippen LogP contribution in [0.3, 0.4) is 0 Å². The molecular weight excluding hydrogens is 665 g/mol. The van der Waals surface area contributed by atoms with Crippen molar-refractivity contribution >= 4 is 19.8 Å². The number of esters is 2. The summed E-state index contributed by atoms with van der Waals surface area (Å²) in [6.07, 6.45) is 38.2. The Morgan fingerprint density at radius 3 is 1.73 bits per heavy atom. The minimum Gasteiger partial charge on any atom is -0.756 e. The predicted molar refractivity (Wildman–Crippen MR) is 208 cm³/mol. The summed E-state index contributed by atoms with van der Waals surface area (Å²) in [6.45, 7) is 3.99. The fourth-order valence-corrected chi connectivity index (χ4v) is 5.42. The molecule has 0 aromatic heterocycles. The van der Waals surface area contributed by atoms with Gasteiger partial charge in [-0.1, -0.05) is 107 Å². The molecule has 2 atom stereocenters. The Labute approximate surface area is 311 Å². The molecular formula is C41H72NO8P. The topological polar surface area (TPSA) is 111 Å². The Balaban J connectivity index is 4.54. The van der Waals surface area contributed by atoms with Crippen molar-refractivity contribution in [3.63, 3.8) is 0 Å². The number of unbranched alkanes of at least 4 members (excludes halogenated alkanes) is 10. The zero-order chi connectivity index (χ0) is 37.9. The Hall–Kier alpha value is -2.29. The van der Waals surface area contributed by atoms with Gasteiger partial charge >= 0.3 is 11.9 Å². The molecule has 0 aliphatic carbocycles. The average Bonchev–Trinajstić information content (AvgIpc) is 3.07. The molecule has 1 unspecified atom stereocenters. The normalized spacial score (nSPS) is 14.4. The van der Waals surface area contributed by atoms with Gasteiger partial charge in [0.1, 0.15) is 19.8 Å². The van der Waals surface area contributed by atoms with Crippen LogP contribution in [-0.2, 0) is 32.7 Å². The molecule has 0 spiro atoms. The van der Waals surface area contributed by atoms with Crippen molar-refractivity contribution in [3.8, 4) is 0 Å². The van der Waals surface area contributed by atoms with Gasteiger partial charge in [-0.05, 0) is 77.0 Å². The molecule has 0 aromatic rings. The molecule has 0 aliphatic rings. The first-order valence-electron chi connectivity index (χ1n) is 19.5. The molecule has 0 radical (unpaired) electrons. The third kappa shape index (κ3) is 37.3. The van der Waals surface area contributed by atoms with Crippen molar-refractivity contribution in [1.82, 2.24) is 0 Å². The van der Waals surface area contributed by atoms with Crippen LogP contribution in [-0.4, -0.2) is 70.0 Å². The number of phosphoric acid groups is 1. The first-order chi connectivity index (χ1) is 24.5. The van der Waals surface area contributed by atoms with Crippen LogP contribution < -0.4 is 4.89 Å². The van der Waals surface area contributed by atoms with Gasteiger partial charge in [0.2, 0.25) is 0 Å². The van der Waals surface area contributed by atoms with Gasteiger partial charge in [0.05, 0.1) is 27.7 Å². The van der Waals surface area contributed by atoms with Gasteiger partial charge in [0.25, 0.3) is 7.82 Å². The van der Waals surface area contributed by atoms with Crippen LogP contribution in [0.2, 0.25) is 0 Å². The van der Waals surface area contributed by atoms with E-state index in [0.717, 1.165) is 77.0 Å². The molecule has 0 saturated carbocycles. The highest BCUT2D eigenvalue weighted by atomic mass is 31.2. The van der Waals surface area contributed by atoms with Crippen LogP contribution in [0.15, 0.2) is 60.8 Å². The van der Waals surface area contributed by atoms with E-state index in [1.807, 2.05) is 21.1 Å². The maximum Gasteiger partial charge on any atom is 0.306 e. The lowest BCUT2D eigenvalue weighted by molar-refractivity contribution is -0.870. The Bertz CT molecular complexity index is 1060. The van der Waals surface area contributed by atoms with E-state index in [1.54, 1.807) is 0 Å². The summed E-state index contributed by atoms with van der Waals surface area (Å²) in [6, 6.07) is 0. The van der Waals surface area contributed by atoms with Gasteiger partial charge < -0.3 is 27.9 Å². The molecule has 0 fully saturated rings. The van der Waals surface area contributed by atoms with Crippen LogP contribution in [0.1, 0.15) is 136 Å². The van der Waals surface area contributed by atoms with Gasteiger partial charge in [-0.2, -0.15) is 0 Å². The predicted octanol–water partition coefficient (Wildman–Crippen LogP) is 9.88. The van der Waals surface area contributed by atoms with E-state index < -0.39 is 32.5 Å². The average molecular weight is 738 g/mol. The lowest BCUT2D eigenvalue weighted by atomic mass is 10.1. The zero-order valence-corrected chi connectivity index (χ0v) is 33.7. The Kier molecular flexibility index (Phi) is 32.0. The number of ether oxygens (including phenoxy) is 2. The standard InChI is InChI=1S/C41H72NO8P/c1-6-8-10-12-14-16-18-20-21-22-24-26-28-30-32-34-41(44)50-39(38-49-51(45,46)48-36-35-42(3,4)5)37-47-40(43)33-31-29-27-25-23-19-17-15-13-11-9-7-2/h8,10,14-17,20-21,24,26,39H,6-7,9,11-13,18-19,22-23,25,27-38H2,1-5H3/b10-8+,16-14+,17-15+,21-20+,26-24+/t39-/m1/s1. The molecule has 294 valence electrons. The second-order valence-electron chi connectivity index (χ2n) is 13.9. The second-order valence-corrected chi connectivity index (χ2v) is 15.3. The third-order valence-electron chi connectivity index (χ3n) is 7.77. The van der Waals surface area contributed by atoms with Crippen molar-refractivity contribution in [2.45, 2.75) is 142 Å². The molecule has 51 heavy (non-hydrogen) atoms. The van der Waals surface area contributed by atoms with Gasteiger partial charge in [0.15, 0.2) is 6.10 Å². The first kappa shape index (κ1) is 48.7. The summed E-state index contributed by atoms with van der Waals surface area (Å²) in [5.41, 5.74) is 0. The van der Waals surface area contributed by atoms with E-state index >= 15 is 0 Å². The summed E-state index contributed by atoms with van der Waals surface area (Å²) < 4.78 is 33.7. The van der Waals surface area contributed by atoms with Crippen LogP contribution in [0, 0.1) is 0 Å². The van der Waals surface area contributed by atoms with E-state index in [1.165, 1.54) is 19.3 Å². The van der Waals surface area contributed by atoms with Gasteiger partial charge in [0, 0.05) is 12.8 Å². The molecule has 9 nitrogen and oxygen atoms in total. The molecule has 0 amide bonds. The van der Waals surface area contributed by atoms with Crippen LogP contribution in [0.5, 0.6) is 0 Å². The quantitative estimate of drug-likeness (QED) is 0.0211. The minimum atomic E-state index is -4.63. The molecule has 0 heterocycles. The fraction of sp³-hybridized carbons (Fsp3) is 0.707. The van der Waals surface area contributed by atoms with Crippen molar-refractivity contribution in [3.05, 3.63) is 60.8 Å². The molecule has 0 bridgehead atoms. The highest BCUT2D eigenvalue weighted by molar-refractivity contribution is 7.45. The fourth-order valence-electron chi connectivity index (χ4n) is 4.70. The zero-order valence-electron chi connectivity index (χ0n) is 32.8. The van der Waals surface area contributed by atoms with E-state index in [9.17, 15) is 19.0 Å². The summed E-state index contributed by atoms with van der Waals surface area (Å²) in [5, 5.41) is 0. The summed E-state index contributed by atoms with van der Waals surface area (Å²) in [5.74, 6) is -0.902. The number of rotatable bonds is 34. The van der Waals surface area contributed by atoms with E-state index in [2.05, 4.69) is 74.6 Å². The molecule has 0 aliphatic heterocycles. The minimum absolute atomic E-state index is 0.0429. The molecule has 0 saturated heterocycles. The monoisotopic (exact) mass is 737 g/mol. The number of carbonyl (C=O) groups is 2. The maximum atomic E-state index is 12.6. The molecule has 0 N–H and O–H groups in total. The number of carbonyl (C=O) groups excluding carboxylic acids is 2. The second kappa shape index (κ2) is 33.5. The largest absolute Gasteiger partial charge is 0.756 e. The van der Waals surface area contributed by atoms with Gasteiger partial charge in [-0.15, -0.1) is 0 Å². The van der Waals surface area contributed by atoms with Crippen LogP contribution in [0.4, 0.5) is 0 Å². The van der Waals surface area contributed by atoms with E-state index in [-0.39, 0.29) is 26.1 Å². The molecule has 0 aromatic carbocycles. The van der Waals surface area contributed by atoms with Crippen molar-refractivity contribution in [2.75, 3.05) is 47.5 Å². The SMILES string of the molecule is CC/C=C/C/C=C/C/C=C/C/C=C/CCCCC(=O)O[C@H](COC(=O)CCCCCCC/C=C/CCCCC)COP(=O)([O-])OCC[N+](C)(C)C. The molecule has 10 heteroatoms. The number of likely N-dealkylation sites (N-methyl/N-ethyl adjacent to an activating group) is 1. The van der Waals surface area contributed by atoms with Crippen molar-refractivity contribution in [2.24, 2.45) is 0 Å². The first-order valence-corrected chi connectivity index (χ1v) is 21.0. The van der Waals surface area contributed by atoms with Crippen molar-refractivity contribution in [1.29, 1.82) is 0 Å². The Morgan fingerprint density at radius 1 is 0.627 bits per heavy atom. The number of allylic oxidation sites excluding steroid dienone is 10. The number of hydrogen-bond donors (Lipinski definition) is 0. The third-order valence-corrected chi connectivity index (χ3v) is 8.74. The number of quaternary nitrogens is 1. The number of phosphoric ester groups is 1. The lowest BCUT2D eigenvalue weighted by Crippen LogP contribution is -2.37. The summed E-state index contributed by atoms with van der Waals surface area (Å²) in [7, 11) is 1.12. The van der Waals surface area contributed by atoms with Crippen LogP contribution in [0.25, 0.3) is 0 Å². The smallest absolute Gasteiger partial charge is 0.306 e. The summed E-state index contributed by atoms with van der Waals surface area (Å²) in [4.78, 5) is 37.3. The number of nitrogens with zero attached hydrogens (tertiary/aromatic N) is 1.